The van der Waals surface area contributed by atoms with Crippen LogP contribution in [0.5, 0.6) is 0 Å². The summed E-state index contributed by atoms with van der Waals surface area (Å²) >= 11 is 0. The fourth-order valence-corrected chi connectivity index (χ4v) is 20.7. The van der Waals surface area contributed by atoms with E-state index >= 15 is 0 Å². The van der Waals surface area contributed by atoms with E-state index in [1.807, 2.05) is 6.08 Å². The molecule has 14 aliphatic rings. The quantitative estimate of drug-likeness (QED) is 0.204. The zero-order chi connectivity index (χ0) is 52.8. The normalized spacial score (nSPS) is 42.8. The molecule has 0 spiro atoms. The van der Waals surface area contributed by atoms with Crippen LogP contribution in [0.2, 0.25) is 0 Å². The number of nitrogens with zero attached hydrogens (tertiary/aromatic N) is 2. The van der Waals surface area contributed by atoms with Crippen LogP contribution in [0, 0.1) is 75.4 Å². The maximum Gasteiger partial charge on any atom is 0.0860 e. The lowest BCUT2D eigenvalue weighted by Gasteiger charge is -2.53. The summed E-state index contributed by atoms with van der Waals surface area (Å²) in [6, 6.07) is 0.755. The van der Waals surface area contributed by atoms with Crippen molar-refractivity contribution in [1.29, 1.82) is 0 Å². The minimum absolute atomic E-state index is 0.0852. The van der Waals surface area contributed by atoms with Gasteiger partial charge in [0.2, 0.25) is 0 Å². The molecule has 4 fully saturated rings. The van der Waals surface area contributed by atoms with Crippen LogP contribution in [0.3, 0.4) is 0 Å². The lowest BCUT2D eigenvalue weighted by molar-refractivity contribution is -0.000280. The van der Waals surface area contributed by atoms with E-state index < -0.39 is 0 Å². The third-order valence-corrected chi connectivity index (χ3v) is 24.3. The summed E-state index contributed by atoms with van der Waals surface area (Å²) in [4.78, 5) is 5.86. The molecule has 4 heteroatoms. The molecule has 4 nitrogen and oxygen atoms in total. The van der Waals surface area contributed by atoms with E-state index in [1.165, 1.54) is 134 Å². The van der Waals surface area contributed by atoms with Crippen LogP contribution >= 0.6 is 0 Å². The lowest BCUT2D eigenvalue weighted by atomic mass is 9.52. The smallest absolute Gasteiger partial charge is 0.0860 e. The Balaban J connectivity index is 0.823. The summed E-state index contributed by atoms with van der Waals surface area (Å²) in [6.07, 6.45) is 78.8. The van der Waals surface area contributed by atoms with Gasteiger partial charge in [-0.1, -0.05) is 162 Å². The van der Waals surface area contributed by atoms with E-state index in [2.05, 4.69) is 147 Å². The molecule has 2 aliphatic heterocycles. The molecule has 0 aromatic rings. The molecule has 0 N–H and O–H groups in total. The molecule has 17 atom stereocenters. The van der Waals surface area contributed by atoms with Gasteiger partial charge in [0.1, 0.15) is 0 Å². The first kappa shape index (κ1) is 52.2. The van der Waals surface area contributed by atoms with Crippen molar-refractivity contribution in [3.8, 4) is 0 Å². The second-order valence-corrected chi connectivity index (χ2v) is 29.1. The van der Waals surface area contributed by atoms with Gasteiger partial charge in [-0.05, 0) is 223 Å². The second-order valence-electron chi connectivity index (χ2n) is 29.1. The first-order chi connectivity index (χ1) is 38.1. The van der Waals surface area contributed by atoms with E-state index in [9.17, 15) is 0 Å². The fourth-order valence-electron chi connectivity index (χ4n) is 20.7. The number of likely N-dealkylation sites (tertiary alicyclic amines) is 1. The van der Waals surface area contributed by atoms with Crippen molar-refractivity contribution in [2.45, 2.75) is 225 Å². The third kappa shape index (κ3) is 8.85. The molecule has 0 radical (unpaired) electrons. The van der Waals surface area contributed by atoms with Crippen molar-refractivity contribution in [2.24, 2.45) is 75.4 Å². The van der Waals surface area contributed by atoms with Crippen molar-refractivity contribution >= 4 is 0 Å². The highest BCUT2D eigenvalue weighted by atomic mass is 16.5. The van der Waals surface area contributed by atoms with Crippen LogP contribution in [-0.2, 0) is 9.47 Å². The summed E-state index contributed by atoms with van der Waals surface area (Å²) < 4.78 is 14.7. The SMILES string of the molecule is C=CC1=CC[C@@H](OC2C=CC(C3(C4CCCCC4)C4C=CCCC4C4(C)CCC(N(C5=CCC(C6C=CC7C(C6)C6CC=CC=C6N7C6=CCCCC6)CC5)C5C=CCC6C7CCC=C(C(C)(C)C)C7OC65)=CC43)=CC2)CC1. The van der Waals surface area contributed by atoms with Crippen molar-refractivity contribution in [2.75, 3.05) is 0 Å². The Morgan fingerprint density at radius 2 is 1.65 bits per heavy atom. The van der Waals surface area contributed by atoms with E-state index in [-0.39, 0.29) is 40.6 Å². The second kappa shape index (κ2) is 21.2. The standard InChI is InChI=1S/C74H98N2O2/c1-6-49-31-40-57(41-32-49)77-58-42-36-53(37-43-58)74(52-19-9-7-10-20-52)64-27-15-14-26-63(64)73(5)46-45-56(48-69(73)74)75(68-30-18-25-61-60-24-17-28-65(72(2,3)4)70(60)78-71(61)68)55-38-33-50(34-39-55)51-35-44-67-62(47-51)59-23-13-16-29-66(59)76(67)54-21-11-8-12-22-54/h6,13,15-16,18,21,27-31,35-38,42,44,48,50-52,57-64,67-71H,1,7-12,14,17,19-20,22-26,32-34,39-41,43,45-47H2,2-5H3/t50?,51?,57-,58?,59?,60?,61?,62?,63?,64?,67?,68?,69?,70?,71?,73?,74?/m1/s1. The van der Waals surface area contributed by atoms with Crippen molar-refractivity contribution < 1.29 is 9.47 Å². The van der Waals surface area contributed by atoms with Crippen LogP contribution in [0.4, 0.5) is 0 Å². The molecule has 2 heterocycles. The van der Waals surface area contributed by atoms with Crippen molar-refractivity contribution in [3.05, 3.63) is 155 Å². The molecule has 0 aromatic heterocycles. The van der Waals surface area contributed by atoms with Crippen LogP contribution < -0.4 is 0 Å². The summed E-state index contributed by atoms with van der Waals surface area (Å²) in [5.74, 6) is 6.36. The van der Waals surface area contributed by atoms with Gasteiger partial charge in [0.25, 0.3) is 0 Å². The molecule has 78 heavy (non-hydrogen) atoms. The van der Waals surface area contributed by atoms with Gasteiger partial charge in [-0.25, -0.2) is 0 Å². The van der Waals surface area contributed by atoms with Crippen LogP contribution in [0.25, 0.3) is 0 Å². The number of ether oxygens (including phenoxy) is 2. The molecular formula is C74H98N2O2. The number of hydrogen-bond donors (Lipinski definition) is 0. The van der Waals surface area contributed by atoms with Crippen LogP contribution in [-0.4, -0.2) is 46.3 Å². The highest BCUT2D eigenvalue weighted by Gasteiger charge is 2.68. The number of rotatable bonds is 10. The largest absolute Gasteiger partial charge is 0.370 e. The van der Waals surface area contributed by atoms with Crippen molar-refractivity contribution in [1.82, 2.24) is 9.80 Å². The topological polar surface area (TPSA) is 24.9 Å². The molecule has 0 bridgehead atoms. The fraction of sp³-hybridized carbons (Fsp3) is 0.649. The van der Waals surface area contributed by atoms with E-state index in [1.54, 1.807) is 33.9 Å². The van der Waals surface area contributed by atoms with Gasteiger partial charge >= 0.3 is 0 Å². The number of allylic oxidation sites excluding steroid dienone is 19. The minimum Gasteiger partial charge on any atom is -0.370 e. The highest BCUT2D eigenvalue weighted by Crippen LogP contribution is 2.74. The Morgan fingerprint density at radius 1 is 0.744 bits per heavy atom. The summed E-state index contributed by atoms with van der Waals surface area (Å²) in [5.41, 5.74) is 11.6. The van der Waals surface area contributed by atoms with Gasteiger partial charge < -0.3 is 19.3 Å². The lowest BCUT2D eigenvalue weighted by Crippen LogP contribution is -2.49. The Bertz CT molecular complexity index is 2700. The van der Waals surface area contributed by atoms with Gasteiger partial charge in [0.05, 0.1) is 36.5 Å². The van der Waals surface area contributed by atoms with Gasteiger partial charge in [0.15, 0.2) is 0 Å². The predicted octanol–water partition coefficient (Wildman–Crippen LogP) is 18.3. The maximum absolute atomic E-state index is 7.74. The Labute approximate surface area is 472 Å². The number of hydrogen-bond acceptors (Lipinski definition) is 4. The van der Waals surface area contributed by atoms with Gasteiger partial charge in [-0.15, -0.1) is 0 Å². The van der Waals surface area contributed by atoms with Crippen LogP contribution in [0.1, 0.15) is 188 Å². The van der Waals surface area contributed by atoms with E-state index in [0.29, 0.717) is 71.3 Å². The van der Waals surface area contributed by atoms with Crippen molar-refractivity contribution in [3.63, 3.8) is 0 Å². The average molecular weight is 1050 g/mol. The Morgan fingerprint density at radius 3 is 2.44 bits per heavy atom. The Hall–Kier alpha value is -3.86. The third-order valence-electron chi connectivity index (χ3n) is 24.3. The molecule has 16 unspecified atom stereocenters. The molecule has 14 rings (SSSR count). The van der Waals surface area contributed by atoms with Gasteiger partial charge in [-0.3, -0.25) is 0 Å². The summed E-state index contributed by atoms with van der Waals surface area (Å²) in [6.45, 7) is 14.2. The number of fused-ring (bicyclic) bond motifs is 9. The highest BCUT2D eigenvalue weighted by molar-refractivity contribution is 5.44. The molecule has 2 saturated carbocycles. The predicted molar refractivity (Wildman–Crippen MR) is 321 cm³/mol. The first-order valence-corrected chi connectivity index (χ1v) is 32.9. The molecule has 416 valence electrons. The molecule has 0 aromatic carbocycles. The molecule has 12 aliphatic carbocycles. The summed E-state index contributed by atoms with van der Waals surface area (Å²) in [5, 5.41) is 0. The van der Waals surface area contributed by atoms with Crippen LogP contribution in [0.15, 0.2) is 155 Å². The maximum atomic E-state index is 7.74. The zero-order valence-electron chi connectivity index (χ0n) is 48.7. The average Bonchev–Trinajstić information content (AvgIpc) is 3.92. The van der Waals surface area contributed by atoms with E-state index in [0.717, 1.165) is 32.1 Å². The Kier molecular flexibility index (Phi) is 14.2. The van der Waals surface area contributed by atoms with Gasteiger partial charge in [0, 0.05) is 34.1 Å². The monoisotopic (exact) mass is 1050 g/mol. The summed E-state index contributed by atoms with van der Waals surface area (Å²) in [7, 11) is 0. The van der Waals surface area contributed by atoms with E-state index in [4.69, 9.17) is 9.47 Å². The molecule has 0 amide bonds. The minimum atomic E-state index is 0.0852. The molecular weight excluding hydrogens is 949 g/mol. The van der Waals surface area contributed by atoms with Gasteiger partial charge in [-0.2, -0.15) is 0 Å². The first-order valence-electron chi connectivity index (χ1n) is 32.9. The molecule has 2 saturated heterocycles. The zero-order valence-corrected chi connectivity index (χ0v) is 48.7.